The fourth-order valence-corrected chi connectivity index (χ4v) is 4.75. The number of carbonyl (C=O) groups excluding carboxylic acids is 1. The highest BCUT2D eigenvalue weighted by Gasteiger charge is 2.78. The summed E-state index contributed by atoms with van der Waals surface area (Å²) in [6.45, 7) is -0.257. The molecule has 3 unspecified atom stereocenters. The van der Waals surface area contributed by atoms with Crippen LogP contribution in [-0.2, 0) is 9.53 Å². The summed E-state index contributed by atoms with van der Waals surface area (Å²) >= 11 is 0. The zero-order valence-corrected chi connectivity index (χ0v) is 14.7. The number of carbonyl (C=O) groups is 2. The van der Waals surface area contributed by atoms with Crippen LogP contribution >= 0.6 is 0 Å². The number of hydrogen-bond donors (Lipinski definition) is 1. The van der Waals surface area contributed by atoms with Crippen LogP contribution in [0.25, 0.3) is 11.1 Å². The van der Waals surface area contributed by atoms with E-state index in [-0.39, 0.29) is 19.1 Å². The van der Waals surface area contributed by atoms with Crippen LogP contribution in [0.5, 0.6) is 0 Å². The SMILES string of the molecule is O=C(O)C1C2C(CN1C(=O)OCC1c3ccccc3-c3ccccc31)C2(F)F. The molecular weight excluding hydrogens is 368 g/mol. The lowest BCUT2D eigenvalue weighted by Gasteiger charge is -2.26. The van der Waals surface area contributed by atoms with Gasteiger partial charge in [-0.05, 0) is 22.3 Å². The largest absolute Gasteiger partial charge is 0.480 e. The van der Waals surface area contributed by atoms with Crippen LogP contribution in [0.15, 0.2) is 48.5 Å². The molecule has 2 aromatic rings. The minimum absolute atomic E-state index is 0.0292. The van der Waals surface area contributed by atoms with Crippen molar-refractivity contribution in [2.45, 2.75) is 17.9 Å². The smallest absolute Gasteiger partial charge is 0.410 e. The van der Waals surface area contributed by atoms with Crippen LogP contribution in [0.2, 0.25) is 0 Å². The predicted molar refractivity (Wildman–Crippen MR) is 95.1 cm³/mol. The number of fused-ring (bicyclic) bond motifs is 4. The Labute approximate surface area is 159 Å². The van der Waals surface area contributed by atoms with E-state index in [0.717, 1.165) is 27.2 Å². The number of likely N-dealkylation sites (tertiary alicyclic amines) is 1. The number of benzene rings is 2. The van der Waals surface area contributed by atoms with E-state index in [1.807, 2.05) is 48.5 Å². The van der Waals surface area contributed by atoms with Crippen LogP contribution in [0.1, 0.15) is 17.0 Å². The fourth-order valence-electron chi connectivity index (χ4n) is 4.75. The molecule has 3 aliphatic rings. The van der Waals surface area contributed by atoms with Gasteiger partial charge in [0.05, 0.1) is 11.8 Å². The van der Waals surface area contributed by atoms with Crippen molar-refractivity contribution in [2.75, 3.05) is 13.2 Å². The zero-order valence-electron chi connectivity index (χ0n) is 14.7. The molecule has 0 aromatic heterocycles. The average Bonchev–Trinajstić information content (AvgIpc) is 3.05. The Morgan fingerprint density at radius 1 is 1.07 bits per heavy atom. The first-order valence-electron chi connectivity index (χ1n) is 9.13. The van der Waals surface area contributed by atoms with E-state index in [1.165, 1.54) is 0 Å². The number of carboxylic acid groups (broad SMARTS) is 1. The second-order valence-electron chi connectivity index (χ2n) is 7.55. The van der Waals surface area contributed by atoms with Gasteiger partial charge in [-0.1, -0.05) is 48.5 Å². The molecule has 1 heterocycles. The Kier molecular flexibility index (Phi) is 3.53. The first-order chi connectivity index (χ1) is 13.4. The normalized spacial score (nSPS) is 26.4. The molecule has 2 aliphatic carbocycles. The number of halogens is 2. The molecule has 2 fully saturated rings. The van der Waals surface area contributed by atoms with Crippen LogP contribution in [0, 0.1) is 11.8 Å². The molecule has 1 saturated heterocycles. The van der Waals surface area contributed by atoms with Gasteiger partial charge >= 0.3 is 12.1 Å². The van der Waals surface area contributed by atoms with E-state index in [0.29, 0.717) is 0 Å². The quantitative estimate of drug-likeness (QED) is 0.877. The minimum atomic E-state index is -3.01. The Hall–Kier alpha value is -2.96. The number of amides is 1. The molecule has 1 aliphatic heterocycles. The summed E-state index contributed by atoms with van der Waals surface area (Å²) in [5.41, 5.74) is 4.21. The van der Waals surface area contributed by atoms with Crippen LogP contribution < -0.4 is 0 Å². The number of rotatable bonds is 3. The maximum Gasteiger partial charge on any atom is 0.410 e. The number of piperidine rings is 1. The molecule has 0 bridgehead atoms. The van der Waals surface area contributed by atoms with Gasteiger partial charge in [0.25, 0.3) is 5.92 Å². The Bertz CT molecular complexity index is 946. The Balaban J connectivity index is 1.35. The number of alkyl halides is 2. The van der Waals surface area contributed by atoms with Gasteiger partial charge in [0.2, 0.25) is 0 Å². The number of hydrogen-bond acceptors (Lipinski definition) is 3. The molecule has 1 amide bonds. The molecular formula is C21H17F2NO4. The van der Waals surface area contributed by atoms with Gasteiger partial charge in [-0.15, -0.1) is 0 Å². The van der Waals surface area contributed by atoms with Crippen LogP contribution in [0.3, 0.4) is 0 Å². The second kappa shape index (κ2) is 5.77. The van der Waals surface area contributed by atoms with Gasteiger partial charge in [-0.2, -0.15) is 0 Å². The molecule has 2 aromatic carbocycles. The van der Waals surface area contributed by atoms with Gasteiger partial charge < -0.3 is 9.84 Å². The highest BCUT2D eigenvalue weighted by Crippen LogP contribution is 2.62. The van der Waals surface area contributed by atoms with Gasteiger partial charge in [0.1, 0.15) is 12.6 Å². The summed E-state index contributed by atoms with van der Waals surface area (Å²) in [5.74, 6) is -7.00. The van der Waals surface area contributed by atoms with E-state index in [2.05, 4.69) is 0 Å². The second-order valence-corrected chi connectivity index (χ2v) is 7.55. The number of nitrogens with zero attached hydrogens (tertiary/aromatic N) is 1. The van der Waals surface area contributed by atoms with Crippen molar-refractivity contribution in [1.82, 2.24) is 4.90 Å². The maximum absolute atomic E-state index is 13.6. The molecule has 1 saturated carbocycles. The highest BCUT2D eigenvalue weighted by atomic mass is 19.3. The molecule has 1 N–H and O–H groups in total. The van der Waals surface area contributed by atoms with Crippen molar-refractivity contribution in [3.63, 3.8) is 0 Å². The lowest BCUT2D eigenvalue weighted by Crippen LogP contribution is -2.46. The number of aliphatic carboxylic acids is 1. The summed E-state index contributed by atoms with van der Waals surface area (Å²) in [4.78, 5) is 24.9. The van der Waals surface area contributed by atoms with Crippen molar-refractivity contribution in [3.8, 4) is 11.1 Å². The third kappa shape index (κ3) is 2.28. The third-order valence-corrected chi connectivity index (χ3v) is 6.16. The number of ether oxygens (including phenoxy) is 1. The van der Waals surface area contributed by atoms with Crippen molar-refractivity contribution >= 4 is 12.1 Å². The van der Waals surface area contributed by atoms with E-state index in [4.69, 9.17) is 4.74 Å². The monoisotopic (exact) mass is 385 g/mol. The summed E-state index contributed by atoms with van der Waals surface area (Å²) in [6.07, 6.45) is -0.850. The summed E-state index contributed by atoms with van der Waals surface area (Å²) in [7, 11) is 0. The standard InChI is InChI=1S/C21H17F2NO4/c22-21(23)16-9-24(18(17(16)21)19(25)26)20(27)28-10-15-13-7-3-1-5-11(13)12-6-2-4-8-14(12)15/h1-8,15-18H,9-10H2,(H,25,26). The molecule has 0 spiro atoms. The first-order valence-corrected chi connectivity index (χ1v) is 9.13. The average molecular weight is 385 g/mol. The van der Waals surface area contributed by atoms with Crippen LogP contribution in [0.4, 0.5) is 13.6 Å². The highest BCUT2D eigenvalue weighted by molar-refractivity contribution is 5.83. The van der Waals surface area contributed by atoms with Gasteiger partial charge in [-0.3, -0.25) is 4.90 Å². The summed E-state index contributed by atoms with van der Waals surface area (Å²) in [6, 6.07) is 14.1. The Morgan fingerprint density at radius 3 is 2.21 bits per heavy atom. The van der Waals surface area contributed by atoms with E-state index < -0.39 is 35.9 Å². The van der Waals surface area contributed by atoms with E-state index in [1.54, 1.807) is 0 Å². The molecule has 0 radical (unpaired) electrons. The third-order valence-electron chi connectivity index (χ3n) is 6.16. The lowest BCUT2D eigenvalue weighted by molar-refractivity contribution is -0.144. The van der Waals surface area contributed by atoms with Crippen molar-refractivity contribution < 1.29 is 28.2 Å². The molecule has 28 heavy (non-hydrogen) atoms. The zero-order chi connectivity index (χ0) is 19.6. The Morgan fingerprint density at radius 2 is 1.64 bits per heavy atom. The predicted octanol–water partition coefficient (Wildman–Crippen LogP) is 3.59. The fraction of sp³-hybridized carbons (Fsp3) is 0.333. The van der Waals surface area contributed by atoms with Crippen molar-refractivity contribution in [3.05, 3.63) is 59.7 Å². The maximum atomic E-state index is 13.6. The molecule has 144 valence electrons. The van der Waals surface area contributed by atoms with E-state index >= 15 is 0 Å². The first kappa shape index (κ1) is 17.2. The van der Waals surface area contributed by atoms with Crippen molar-refractivity contribution in [1.29, 1.82) is 0 Å². The molecule has 5 rings (SSSR count). The van der Waals surface area contributed by atoms with E-state index in [9.17, 15) is 23.5 Å². The van der Waals surface area contributed by atoms with Gasteiger partial charge in [-0.25, -0.2) is 18.4 Å². The van der Waals surface area contributed by atoms with Crippen molar-refractivity contribution in [2.24, 2.45) is 11.8 Å². The van der Waals surface area contributed by atoms with Gasteiger partial charge in [0, 0.05) is 12.5 Å². The summed E-state index contributed by atoms with van der Waals surface area (Å²) < 4.78 is 32.6. The topological polar surface area (TPSA) is 66.8 Å². The molecule has 3 atom stereocenters. The molecule has 5 nitrogen and oxygen atoms in total. The van der Waals surface area contributed by atoms with Crippen LogP contribution in [-0.4, -0.2) is 47.2 Å². The summed E-state index contributed by atoms with van der Waals surface area (Å²) in [5, 5.41) is 9.32. The van der Waals surface area contributed by atoms with Gasteiger partial charge in [0.15, 0.2) is 0 Å². The number of carboxylic acids is 1. The molecule has 7 heteroatoms. The minimum Gasteiger partial charge on any atom is -0.480 e. The lowest BCUT2D eigenvalue weighted by atomic mass is 9.98.